The van der Waals surface area contributed by atoms with Gasteiger partial charge < -0.3 is 5.32 Å². The van der Waals surface area contributed by atoms with E-state index in [1.165, 1.54) is 18.2 Å². The van der Waals surface area contributed by atoms with Crippen LogP contribution in [0, 0.1) is 10.1 Å². The largest absolute Gasteiger partial charge is 0.379 e. The maximum absolute atomic E-state index is 10.6. The zero-order chi connectivity index (χ0) is 12.3. The number of non-ortho nitro benzene ring substituents is 1. The highest BCUT2D eigenvalue weighted by Gasteiger charge is 2.09. The number of halogens is 1. The van der Waals surface area contributed by atoms with Crippen molar-refractivity contribution in [2.45, 2.75) is 6.54 Å². The van der Waals surface area contributed by atoms with Crippen LogP contribution in [0.25, 0.3) is 0 Å². The maximum atomic E-state index is 10.6. The van der Waals surface area contributed by atoms with Gasteiger partial charge in [-0.1, -0.05) is 17.7 Å². The second-order valence-electron chi connectivity index (χ2n) is 3.35. The summed E-state index contributed by atoms with van der Waals surface area (Å²) in [6.07, 6.45) is 0. The highest BCUT2D eigenvalue weighted by Crippen LogP contribution is 2.27. The van der Waals surface area contributed by atoms with Gasteiger partial charge in [-0.2, -0.15) is 0 Å². The van der Waals surface area contributed by atoms with Crippen LogP contribution >= 0.6 is 22.9 Å². The molecule has 6 heteroatoms. The first-order chi connectivity index (χ1) is 8.16. The molecule has 0 spiro atoms. The predicted molar refractivity (Wildman–Crippen MR) is 69.8 cm³/mol. The molecule has 0 atom stereocenters. The third kappa shape index (κ3) is 2.95. The van der Waals surface area contributed by atoms with Crippen molar-refractivity contribution in [1.82, 2.24) is 0 Å². The highest BCUT2D eigenvalue weighted by molar-refractivity contribution is 7.09. The summed E-state index contributed by atoms with van der Waals surface area (Å²) < 4.78 is 0. The maximum Gasteiger partial charge on any atom is 0.271 e. The Morgan fingerprint density at radius 2 is 2.24 bits per heavy atom. The van der Waals surface area contributed by atoms with E-state index in [2.05, 4.69) is 5.32 Å². The molecule has 88 valence electrons. The third-order valence-corrected chi connectivity index (χ3v) is 3.40. The monoisotopic (exact) mass is 268 g/mol. The summed E-state index contributed by atoms with van der Waals surface area (Å²) in [5, 5.41) is 16.2. The van der Waals surface area contributed by atoms with Crippen LogP contribution in [-0.4, -0.2) is 4.92 Å². The van der Waals surface area contributed by atoms with Gasteiger partial charge in [0, 0.05) is 23.6 Å². The molecule has 17 heavy (non-hydrogen) atoms. The first-order valence-corrected chi connectivity index (χ1v) is 6.13. The molecule has 2 rings (SSSR count). The van der Waals surface area contributed by atoms with E-state index in [1.54, 1.807) is 11.3 Å². The number of thiophene rings is 1. The molecule has 2 aromatic rings. The molecule has 0 unspecified atom stereocenters. The Balaban J connectivity index is 2.14. The molecule has 0 bridgehead atoms. The zero-order valence-corrected chi connectivity index (χ0v) is 10.3. The minimum atomic E-state index is -0.438. The summed E-state index contributed by atoms with van der Waals surface area (Å²) in [7, 11) is 0. The van der Waals surface area contributed by atoms with Gasteiger partial charge in [0.25, 0.3) is 5.69 Å². The number of benzene rings is 1. The van der Waals surface area contributed by atoms with Crippen molar-refractivity contribution < 1.29 is 4.92 Å². The van der Waals surface area contributed by atoms with Gasteiger partial charge in [0.1, 0.15) is 0 Å². The Labute approximate surface area is 107 Å². The number of nitrogens with zero attached hydrogens (tertiary/aromatic N) is 1. The number of nitrogens with one attached hydrogen (secondary N) is 1. The molecular formula is C11H9ClN2O2S. The Morgan fingerprint density at radius 1 is 1.41 bits per heavy atom. The van der Waals surface area contributed by atoms with Crippen LogP contribution in [0.1, 0.15) is 4.88 Å². The molecule has 0 saturated heterocycles. The van der Waals surface area contributed by atoms with Crippen LogP contribution in [-0.2, 0) is 6.54 Å². The number of rotatable bonds is 4. The molecule has 0 saturated carbocycles. The molecule has 0 aliphatic carbocycles. The minimum absolute atomic E-state index is 0.0306. The molecule has 1 aromatic carbocycles. The van der Waals surface area contributed by atoms with E-state index in [4.69, 9.17) is 11.6 Å². The number of nitro groups is 1. The van der Waals surface area contributed by atoms with Crippen molar-refractivity contribution in [3.8, 4) is 0 Å². The van der Waals surface area contributed by atoms with Crippen molar-refractivity contribution in [3.63, 3.8) is 0 Å². The lowest BCUT2D eigenvalue weighted by Gasteiger charge is -2.06. The Bertz CT molecular complexity index is 528. The number of hydrogen-bond donors (Lipinski definition) is 1. The summed E-state index contributed by atoms with van der Waals surface area (Å²) in [6, 6.07) is 8.30. The van der Waals surface area contributed by atoms with Crippen molar-refractivity contribution in [1.29, 1.82) is 0 Å². The van der Waals surface area contributed by atoms with Crippen molar-refractivity contribution in [2.75, 3.05) is 5.32 Å². The van der Waals surface area contributed by atoms with E-state index in [9.17, 15) is 10.1 Å². The summed E-state index contributed by atoms with van der Waals surface area (Å²) in [6.45, 7) is 0.610. The second kappa shape index (κ2) is 5.16. The molecule has 1 N–H and O–H groups in total. The number of anilines is 1. The first-order valence-electron chi connectivity index (χ1n) is 4.87. The topological polar surface area (TPSA) is 55.2 Å². The van der Waals surface area contributed by atoms with E-state index >= 15 is 0 Å². The summed E-state index contributed by atoms with van der Waals surface area (Å²) in [4.78, 5) is 11.3. The minimum Gasteiger partial charge on any atom is -0.379 e. The van der Waals surface area contributed by atoms with E-state index in [0.29, 0.717) is 17.3 Å². The molecular weight excluding hydrogens is 260 g/mol. The lowest BCUT2D eigenvalue weighted by atomic mass is 10.2. The molecule has 1 heterocycles. The van der Waals surface area contributed by atoms with Gasteiger partial charge in [-0.15, -0.1) is 11.3 Å². The predicted octanol–water partition coefficient (Wildman–Crippen LogP) is 3.92. The first kappa shape index (κ1) is 11.9. The van der Waals surface area contributed by atoms with Gasteiger partial charge in [0.05, 0.1) is 15.6 Å². The van der Waals surface area contributed by atoms with Crippen LogP contribution < -0.4 is 5.32 Å². The Kier molecular flexibility index (Phi) is 3.61. The van der Waals surface area contributed by atoms with Crippen molar-refractivity contribution in [3.05, 3.63) is 55.7 Å². The van der Waals surface area contributed by atoms with Gasteiger partial charge >= 0.3 is 0 Å². The lowest BCUT2D eigenvalue weighted by Crippen LogP contribution is -1.99. The average Bonchev–Trinajstić information content (AvgIpc) is 2.80. The van der Waals surface area contributed by atoms with Gasteiger partial charge in [-0.3, -0.25) is 10.1 Å². The molecule has 0 aliphatic rings. The second-order valence-corrected chi connectivity index (χ2v) is 4.79. The van der Waals surface area contributed by atoms with Crippen LogP contribution in [0.4, 0.5) is 11.4 Å². The van der Waals surface area contributed by atoms with Gasteiger partial charge in [0.15, 0.2) is 0 Å². The Morgan fingerprint density at radius 3 is 2.88 bits per heavy atom. The number of hydrogen-bond acceptors (Lipinski definition) is 4. The third-order valence-electron chi connectivity index (χ3n) is 2.19. The van der Waals surface area contributed by atoms with Gasteiger partial charge in [0.2, 0.25) is 0 Å². The highest BCUT2D eigenvalue weighted by atomic mass is 35.5. The molecule has 0 aliphatic heterocycles. The number of nitro benzene ring substituents is 1. The molecule has 0 fully saturated rings. The SMILES string of the molecule is O=[N+]([O-])c1ccc(Cl)c(NCc2cccs2)c1. The van der Waals surface area contributed by atoms with Gasteiger partial charge in [-0.25, -0.2) is 0 Å². The standard InChI is InChI=1S/C11H9ClN2O2S/c12-10-4-3-8(14(15)16)6-11(10)13-7-9-2-1-5-17-9/h1-6,13H,7H2. The molecule has 1 aromatic heterocycles. The van der Waals surface area contributed by atoms with E-state index in [1.807, 2.05) is 17.5 Å². The molecule has 0 amide bonds. The van der Waals surface area contributed by atoms with E-state index in [0.717, 1.165) is 4.88 Å². The fourth-order valence-electron chi connectivity index (χ4n) is 1.36. The van der Waals surface area contributed by atoms with Crippen molar-refractivity contribution >= 4 is 34.3 Å². The summed E-state index contributed by atoms with van der Waals surface area (Å²) in [5.41, 5.74) is 0.609. The zero-order valence-electron chi connectivity index (χ0n) is 8.72. The summed E-state index contributed by atoms with van der Waals surface area (Å²) >= 11 is 7.58. The van der Waals surface area contributed by atoms with Crippen molar-refractivity contribution in [2.24, 2.45) is 0 Å². The molecule has 4 nitrogen and oxygen atoms in total. The fourth-order valence-corrected chi connectivity index (χ4v) is 2.19. The fraction of sp³-hybridized carbons (Fsp3) is 0.0909. The van der Waals surface area contributed by atoms with Crippen LogP contribution in [0.2, 0.25) is 5.02 Å². The van der Waals surface area contributed by atoms with E-state index in [-0.39, 0.29) is 5.69 Å². The van der Waals surface area contributed by atoms with Crippen LogP contribution in [0.5, 0.6) is 0 Å². The Hall–Kier alpha value is -1.59. The van der Waals surface area contributed by atoms with E-state index < -0.39 is 4.92 Å². The van der Waals surface area contributed by atoms with Gasteiger partial charge in [-0.05, 0) is 17.5 Å². The summed E-state index contributed by atoms with van der Waals surface area (Å²) in [5.74, 6) is 0. The molecule has 0 radical (unpaired) electrons. The normalized spacial score (nSPS) is 10.2. The van der Waals surface area contributed by atoms with Crippen LogP contribution in [0.3, 0.4) is 0 Å². The lowest BCUT2D eigenvalue weighted by molar-refractivity contribution is -0.384. The average molecular weight is 269 g/mol. The smallest absolute Gasteiger partial charge is 0.271 e. The quantitative estimate of drug-likeness (QED) is 0.675. The van der Waals surface area contributed by atoms with Crippen LogP contribution in [0.15, 0.2) is 35.7 Å².